The van der Waals surface area contributed by atoms with Gasteiger partial charge in [0.15, 0.2) is 0 Å². The summed E-state index contributed by atoms with van der Waals surface area (Å²) in [5.74, 6) is 0. The Labute approximate surface area is 59.6 Å². The van der Waals surface area contributed by atoms with Crippen LogP contribution in [0.15, 0.2) is 0 Å². The van der Waals surface area contributed by atoms with E-state index in [9.17, 15) is 4.57 Å². The molecule has 5 heteroatoms. The van der Waals surface area contributed by atoms with Gasteiger partial charge in [0.2, 0.25) is 0 Å². The van der Waals surface area contributed by atoms with Crippen molar-refractivity contribution in [3.63, 3.8) is 0 Å². The average Bonchev–Trinajstić information content (AvgIpc) is 2.20. The molecule has 58 valence electrons. The van der Waals surface area contributed by atoms with Crippen molar-refractivity contribution in [3.05, 3.63) is 0 Å². The third-order valence-corrected chi connectivity index (χ3v) is 3.56. The van der Waals surface area contributed by atoms with Gasteiger partial charge in [-0.05, 0) is 12.8 Å². The van der Waals surface area contributed by atoms with Crippen molar-refractivity contribution in [2.24, 2.45) is 0 Å². The van der Waals surface area contributed by atoms with Gasteiger partial charge in [-0.2, -0.15) is 0 Å². The Morgan fingerprint density at radius 1 is 1.30 bits per heavy atom. The summed E-state index contributed by atoms with van der Waals surface area (Å²) in [5.41, 5.74) is 0. The molecule has 2 aliphatic rings. The molecule has 0 amide bonds. The van der Waals surface area contributed by atoms with Crippen molar-refractivity contribution in [3.8, 4) is 0 Å². The van der Waals surface area contributed by atoms with Gasteiger partial charge in [-0.3, -0.25) is 4.57 Å². The Morgan fingerprint density at radius 2 is 1.80 bits per heavy atom. The van der Waals surface area contributed by atoms with Gasteiger partial charge in [-0.15, -0.1) is 0 Å². The third kappa shape index (κ3) is 1.01. The second-order valence-corrected chi connectivity index (χ2v) is 4.65. The highest BCUT2D eigenvalue weighted by Gasteiger charge is 2.41. The molecular formula is C5H11N2O2P. The highest BCUT2D eigenvalue weighted by atomic mass is 31.2. The van der Waals surface area contributed by atoms with Gasteiger partial charge in [-0.1, -0.05) is 6.42 Å². The molecule has 0 aromatic carbocycles. The fraction of sp³-hybridized carbons (Fsp3) is 1.00. The van der Waals surface area contributed by atoms with E-state index in [1.807, 2.05) is 0 Å². The second kappa shape index (κ2) is 2.05. The lowest BCUT2D eigenvalue weighted by molar-refractivity contribution is 0.459. The fourth-order valence-electron chi connectivity index (χ4n) is 1.76. The topological polar surface area (TPSA) is 61.4 Å². The quantitative estimate of drug-likeness (QED) is 0.445. The zero-order chi connectivity index (χ0) is 7.19. The highest BCUT2D eigenvalue weighted by molar-refractivity contribution is 7.54. The second-order valence-electron chi connectivity index (χ2n) is 2.98. The Kier molecular flexibility index (Phi) is 1.39. The third-order valence-electron chi connectivity index (χ3n) is 2.20. The zero-order valence-electron chi connectivity index (χ0n) is 5.58. The van der Waals surface area contributed by atoms with Crippen LogP contribution in [0.3, 0.4) is 0 Å². The van der Waals surface area contributed by atoms with E-state index in [0.717, 1.165) is 19.3 Å². The maximum atomic E-state index is 11.0. The van der Waals surface area contributed by atoms with Crippen LogP contribution in [-0.4, -0.2) is 17.0 Å². The first-order valence-corrected chi connectivity index (χ1v) is 5.22. The van der Waals surface area contributed by atoms with E-state index in [1.165, 1.54) is 0 Å². The molecule has 3 N–H and O–H groups in total. The summed E-state index contributed by atoms with van der Waals surface area (Å²) < 4.78 is 11.0. The molecule has 2 rings (SSSR count). The minimum Gasteiger partial charge on any atom is -0.322 e. The molecule has 1 heterocycles. The van der Waals surface area contributed by atoms with Crippen LogP contribution in [-0.2, 0) is 4.57 Å². The Hall–Kier alpha value is 0.110. The van der Waals surface area contributed by atoms with Crippen LogP contribution in [0.5, 0.6) is 0 Å². The van der Waals surface area contributed by atoms with E-state index in [0.29, 0.717) is 0 Å². The van der Waals surface area contributed by atoms with E-state index in [1.54, 1.807) is 0 Å². The predicted molar refractivity (Wildman–Crippen MR) is 37.5 cm³/mol. The summed E-state index contributed by atoms with van der Waals surface area (Å²) in [6.07, 6.45) is 3.22. The van der Waals surface area contributed by atoms with Gasteiger partial charge in [0.25, 0.3) is 0 Å². The van der Waals surface area contributed by atoms with Crippen molar-refractivity contribution in [2.75, 3.05) is 0 Å². The highest BCUT2D eigenvalue weighted by Crippen LogP contribution is 2.42. The molecule has 0 aromatic heterocycles. The molecule has 0 aromatic rings. The molecule has 1 aliphatic carbocycles. The molecule has 0 spiro atoms. The van der Waals surface area contributed by atoms with E-state index < -0.39 is 7.67 Å². The molecule has 4 nitrogen and oxygen atoms in total. The first kappa shape index (κ1) is 6.80. The predicted octanol–water partition coefficient (Wildman–Crippen LogP) is 0.201. The van der Waals surface area contributed by atoms with Crippen LogP contribution >= 0.6 is 7.67 Å². The molecule has 1 aliphatic heterocycles. The van der Waals surface area contributed by atoms with Gasteiger partial charge in [0.1, 0.15) is 0 Å². The van der Waals surface area contributed by atoms with Crippen molar-refractivity contribution < 1.29 is 9.46 Å². The van der Waals surface area contributed by atoms with Crippen LogP contribution in [0.4, 0.5) is 0 Å². The molecule has 10 heavy (non-hydrogen) atoms. The first-order chi connectivity index (χ1) is 4.67. The molecule has 1 saturated heterocycles. The molecule has 2 atom stereocenters. The van der Waals surface area contributed by atoms with Crippen LogP contribution in [0.1, 0.15) is 19.3 Å². The van der Waals surface area contributed by atoms with E-state index in [4.69, 9.17) is 4.89 Å². The van der Waals surface area contributed by atoms with E-state index >= 15 is 0 Å². The van der Waals surface area contributed by atoms with Gasteiger partial charge >= 0.3 is 7.67 Å². The smallest absolute Gasteiger partial charge is 0.322 e. The van der Waals surface area contributed by atoms with E-state index in [-0.39, 0.29) is 12.1 Å². The van der Waals surface area contributed by atoms with E-state index in [2.05, 4.69) is 10.2 Å². The minimum absolute atomic E-state index is 0.246. The maximum Gasteiger partial charge on any atom is 0.338 e. The number of hydrogen-bond acceptors (Lipinski definition) is 1. The summed E-state index contributed by atoms with van der Waals surface area (Å²) in [4.78, 5) is 9.03. The summed E-state index contributed by atoms with van der Waals surface area (Å²) in [7, 11) is -3.12. The molecule has 2 unspecified atom stereocenters. The molecule has 1 saturated carbocycles. The number of hydrogen-bond donors (Lipinski definition) is 3. The molecule has 2 fully saturated rings. The largest absolute Gasteiger partial charge is 0.338 e. The number of fused-ring (bicyclic) bond motifs is 1. The molecular weight excluding hydrogens is 151 g/mol. The van der Waals surface area contributed by atoms with Crippen LogP contribution in [0.2, 0.25) is 0 Å². The minimum atomic E-state index is -3.12. The summed E-state index contributed by atoms with van der Waals surface area (Å²) in [6.45, 7) is 0. The lowest BCUT2D eigenvalue weighted by Crippen LogP contribution is -2.26. The number of rotatable bonds is 0. The van der Waals surface area contributed by atoms with Gasteiger partial charge in [0, 0.05) is 12.1 Å². The Balaban J connectivity index is 2.14. The first-order valence-electron chi connectivity index (χ1n) is 3.56. The Bertz CT molecular complexity index is 180. The van der Waals surface area contributed by atoms with Gasteiger partial charge in [-0.25, -0.2) is 10.2 Å². The number of nitrogens with one attached hydrogen (secondary N) is 2. The average molecular weight is 162 g/mol. The van der Waals surface area contributed by atoms with Crippen molar-refractivity contribution in [1.82, 2.24) is 10.2 Å². The summed E-state index contributed by atoms with van der Waals surface area (Å²) in [6, 6.07) is 0.492. The lowest BCUT2D eigenvalue weighted by Gasteiger charge is -2.04. The Morgan fingerprint density at radius 3 is 2.30 bits per heavy atom. The van der Waals surface area contributed by atoms with Gasteiger partial charge in [0.05, 0.1) is 0 Å². The van der Waals surface area contributed by atoms with Gasteiger partial charge < -0.3 is 4.89 Å². The zero-order valence-corrected chi connectivity index (χ0v) is 6.47. The summed E-state index contributed by atoms with van der Waals surface area (Å²) in [5, 5.41) is 5.38. The maximum absolute atomic E-state index is 11.0. The van der Waals surface area contributed by atoms with Crippen molar-refractivity contribution >= 4 is 7.67 Å². The standard InChI is InChI=1S/C5H11N2O2P/c8-10(9)6-4-2-1-3-5(4)7-10/h4-5H,1-3H2,(H3,6,7,8,9). The van der Waals surface area contributed by atoms with Crippen LogP contribution in [0, 0.1) is 0 Å². The molecule has 0 radical (unpaired) electrons. The summed E-state index contributed by atoms with van der Waals surface area (Å²) >= 11 is 0. The SMILES string of the molecule is O=P1(O)NC2CCCC2N1. The monoisotopic (exact) mass is 162 g/mol. The lowest BCUT2D eigenvalue weighted by atomic mass is 10.2. The van der Waals surface area contributed by atoms with Crippen LogP contribution < -0.4 is 10.2 Å². The van der Waals surface area contributed by atoms with Crippen molar-refractivity contribution in [1.29, 1.82) is 0 Å². The van der Waals surface area contributed by atoms with Crippen molar-refractivity contribution in [2.45, 2.75) is 31.3 Å². The van der Waals surface area contributed by atoms with Crippen LogP contribution in [0.25, 0.3) is 0 Å². The normalized spacial score (nSPS) is 53.3. The fourth-order valence-corrected chi connectivity index (χ4v) is 3.35. The molecule has 0 bridgehead atoms.